The summed E-state index contributed by atoms with van der Waals surface area (Å²) in [7, 11) is -2.03. The number of rotatable bonds is 7. The molecule has 0 bridgehead atoms. The Morgan fingerprint density at radius 1 is 1.32 bits per heavy atom. The van der Waals surface area contributed by atoms with Crippen molar-refractivity contribution in [1.82, 2.24) is 10.0 Å². The number of piperidine rings is 1. The van der Waals surface area contributed by atoms with E-state index in [2.05, 4.69) is 15.4 Å². The van der Waals surface area contributed by atoms with E-state index in [0.29, 0.717) is 18.8 Å². The summed E-state index contributed by atoms with van der Waals surface area (Å²) < 4.78 is 33.4. The van der Waals surface area contributed by atoms with E-state index >= 15 is 0 Å². The van der Waals surface area contributed by atoms with Crippen LogP contribution in [0.25, 0.3) is 0 Å². The fourth-order valence-corrected chi connectivity index (χ4v) is 4.24. The number of hydrogen-bond acceptors (Lipinski definition) is 5. The number of hydrogen-bond donors (Lipinski definition) is 3. The summed E-state index contributed by atoms with van der Waals surface area (Å²) in [6.07, 6.45) is 1.71. The van der Waals surface area contributed by atoms with Gasteiger partial charge in [-0.2, -0.15) is 0 Å². The Hall–Kier alpha value is -1.48. The molecule has 0 saturated carbocycles. The molecule has 3 N–H and O–H groups in total. The largest absolute Gasteiger partial charge is 0.384 e. The van der Waals surface area contributed by atoms with Crippen LogP contribution in [0, 0.1) is 12.3 Å². The fraction of sp³-hybridized carbons (Fsp3) is 0.588. The van der Waals surface area contributed by atoms with E-state index in [1.165, 1.54) is 13.0 Å². The first-order valence-electron chi connectivity index (χ1n) is 8.36. The highest BCUT2D eigenvalue weighted by Crippen LogP contribution is 2.29. The maximum Gasteiger partial charge on any atom is 0.240 e. The molecular weight excluding hydrogens is 342 g/mol. The van der Waals surface area contributed by atoms with Gasteiger partial charge in [-0.05, 0) is 50.6 Å². The van der Waals surface area contributed by atoms with E-state index in [1.807, 2.05) is 6.92 Å². The third-order valence-electron chi connectivity index (χ3n) is 4.58. The van der Waals surface area contributed by atoms with Crippen molar-refractivity contribution in [3.8, 4) is 0 Å². The standard InChI is InChI=1S/C17H27N3O4S/c1-13-4-5-15(10-16(13)20-14(2)21)25(22,23)19-11-17(12-24-3)6-8-18-9-7-17/h4-5,10,18-19H,6-9,11-12H2,1-3H3,(H,20,21). The van der Waals surface area contributed by atoms with Gasteiger partial charge in [0.2, 0.25) is 15.9 Å². The lowest BCUT2D eigenvalue weighted by Gasteiger charge is -2.37. The first-order valence-corrected chi connectivity index (χ1v) is 9.84. The number of amides is 1. The van der Waals surface area contributed by atoms with Crippen LogP contribution in [0.1, 0.15) is 25.3 Å². The lowest BCUT2D eigenvalue weighted by atomic mass is 9.80. The third kappa shape index (κ3) is 5.24. The van der Waals surface area contributed by atoms with Crippen LogP contribution in [0.2, 0.25) is 0 Å². The molecule has 1 amide bonds. The lowest BCUT2D eigenvalue weighted by Crippen LogP contribution is -2.47. The highest BCUT2D eigenvalue weighted by Gasteiger charge is 2.33. The van der Waals surface area contributed by atoms with E-state index in [4.69, 9.17) is 4.74 Å². The number of nitrogens with one attached hydrogen (secondary N) is 3. The number of anilines is 1. The molecule has 8 heteroatoms. The molecule has 0 spiro atoms. The highest BCUT2D eigenvalue weighted by molar-refractivity contribution is 7.89. The number of sulfonamides is 1. The van der Waals surface area contributed by atoms with Gasteiger partial charge >= 0.3 is 0 Å². The number of ether oxygens (including phenoxy) is 1. The SMILES string of the molecule is COCC1(CNS(=O)(=O)c2ccc(C)c(NC(C)=O)c2)CCNCC1. The van der Waals surface area contributed by atoms with Crippen LogP contribution in [-0.2, 0) is 19.6 Å². The van der Waals surface area contributed by atoms with Gasteiger partial charge in [-0.25, -0.2) is 13.1 Å². The number of carbonyl (C=O) groups excluding carboxylic acids is 1. The van der Waals surface area contributed by atoms with Crippen LogP contribution in [0.4, 0.5) is 5.69 Å². The second-order valence-electron chi connectivity index (χ2n) is 6.67. The minimum Gasteiger partial charge on any atom is -0.384 e. The Morgan fingerprint density at radius 2 is 2.00 bits per heavy atom. The van der Waals surface area contributed by atoms with Crippen LogP contribution >= 0.6 is 0 Å². The maximum atomic E-state index is 12.7. The molecule has 1 saturated heterocycles. The summed E-state index contributed by atoms with van der Waals surface area (Å²) in [6, 6.07) is 4.73. The second kappa shape index (κ2) is 8.27. The van der Waals surface area contributed by atoms with Crippen molar-refractivity contribution in [1.29, 1.82) is 0 Å². The molecule has 25 heavy (non-hydrogen) atoms. The molecule has 1 fully saturated rings. The van der Waals surface area contributed by atoms with Gasteiger partial charge in [-0.15, -0.1) is 0 Å². The van der Waals surface area contributed by atoms with E-state index in [1.54, 1.807) is 19.2 Å². The fourth-order valence-electron chi connectivity index (χ4n) is 3.06. The van der Waals surface area contributed by atoms with Crippen LogP contribution in [-0.4, -0.2) is 47.7 Å². The number of carbonyl (C=O) groups is 1. The minimum atomic E-state index is -3.67. The topological polar surface area (TPSA) is 96.5 Å². The molecule has 2 rings (SSSR count). The van der Waals surface area contributed by atoms with E-state index in [9.17, 15) is 13.2 Å². The number of benzene rings is 1. The van der Waals surface area contributed by atoms with Gasteiger partial charge in [-0.3, -0.25) is 4.79 Å². The van der Waals surface area contributed by atoms with Crippen molar-refractivity contribution >= 4 is 21.6 Å². The molecule has 1 aromatic rings. The number of methoxy groups -OCH3 is 1. The predicted octanol–water partition coefficient (Wildman–Crippen LogP) is 1.25. The molecular formula is C17H27N3O4S. The van der Waals surface area contributed by atoms with Gasteiger partial charge < -0.3 is 15.4 Å². The third-order valence-corrected chi connectivity index (χ3v) is 5.98. The van der Waals surface area contributed by atoms with Crippen molar-refractivity contribution < 1.29 is 17.9 Å². The zero-order valence-corrected chi connectivity index (χ0v) is 15.8. The first-order chi connectivity index (χ1) is 11.8. The van der Waals surface area contributed by atoms with E-state index < -0.39 is 10.0 Å². The highest BCUT2D eigenvalue weighted by atomic mass is 32.2. The normalized spacial score (nSPS) is 17.2. The summed E-state index contributed by atoms with van der Waals surface area (Å²) in [4.78, 5) is 11.4. The monoisotopic (exact) mass is 369 g/mol. The Morgan fingerprint density at radius 3 is 2.60 bits per heavy atom. The average molecular weight is 369 g/mol. The van der Waals surface area contributed by atoms with Gasteiger partial charge in [0.05, 0.1) is 11.5 Å². The van der Waals surface area contributed by atoms with Gasteiger partial charge in [-0.1, -0.05) is 6.07 Å². The van der Waals surface area contributed by atoms with Crippen molar-refractivity contribution in [3.63, 3.8) is 0 Å². The smallest absolute Gasteiger partial charge is 0.240 e. The molecule has 1 aliphatic heterocycles. The molecule has 0 unspecified atom stereocenters. The Balaban J connectivity index is 2.16. The summed E-state index contributed by atoms with van der Waals surface area (Å²) >= 11 is 0. The molecule has 0 aromatic heterocycles. The van der Waals surface area contributed by atoms with Crippen molar-refractivity contribution in [3.05, 3.63) is 23.8 Å². The van der Waals surface area contributed by atoms with E-state index in [-0.39, 0.29) is 16.2 Å². The Bertz CT molecular complexity index is 707. The average Bonchev–Trinajstić information content (AvgIpc) is 2.56. The molecule has 140 valence electrons. The van der Waals surface area contributed by atoms with Crippen LogP contribution < -0.4 is 15.4 Å². The van der Waals surface area contributed by atoms with Crippen molar-refractivity contribution in [2.75, 3.05) is 38.7 Å². The molecule has 7 nitrogen and oxygen atoms in total. The van der Waals surface area contributed by atoms with Gasteiger partial charge in [0.25, 0.3) is 0 Å². The van der Waals surface area contributed by atoms with Crippen LogP contribution in [0.5, 0.6) is 0 Å². The molecule has 1 aliphatic rings. The Labute approximate surface area is 149 Å². The predicted molar refractivity (Wildman–Crippen MR) is 97.1 cm³/mol. The Kier molecular flexibility index (Phi) is 6.56. The summed E-state index contributed by atoms with van der Waals surface area (Å²) in [6.45, 7) is 5.75. The van der Waals surface area contributed by atoms with Crippen molar-refractivity contribution in [2.45, 2.75) is 31.6 Å². The quantitative estimate of drug-likeness (QED) is 0.672. The van der Waals surface area contributed by atoms with Gasteiger partial charge in [0, 0.05) is 31.7 Å². The van der Waals surface area contributed by atoms with Crippen LogP contribution in [0.15, 0.2) is 23.1 Å². The zero-order chi connectivity index (χ0) is 18.5. The zero-order valence-electron chi connectivity index (χ0n) is 15.0. The van der Waals surface area contributed by atoms with Crippen molar-refractivity contribution in [2.24, 2.45) is 5.41 Å². The van der Waals surface area contributed by atoms with E-state index in [0.717, 1.165) is 31.5 Å². The lowest BCUT2D eigenvalue weighted by molar-refractivity contribution is -0.114. The maximum absolute atomic E-state index is 12.7. The molecule has 0 radical (unpaired) electrons. The summed E-state index contributed by atoms with van der Waals surface area (Å²) in [5.41, 5.74) is 1.12. The second-order valence-corrected chi connectivity index (χ2v) is 8.43. The molecule has 0 atom stereocenters. The first kappa shape index (κ1) is 19.8. The van der Waals surface area contributed by atoms with Crippen LogP contribution in [0.3, 0.4) is 0 Å². The molecule has 1 heterocycles. The minimum absolute atomic E-state index is 0.142. The van der Waals surface area contributed by atoms with Gasteiger partial charge in [0.1, 0.15) is 0 Å². The molecule has 1 aromatic carbocycles. The summed E-state index contributed by atoms with van der Waals surface area (Å²) in [5, 5.41) is 5.95. The van der Waals surface area contributed by atoms with Gasteiger partial charge in [0.15, 0.2) is 0 Å². The number of aryl methyl sites for hydroxylation is 1. The summed E-state index contributed by atoms with van der Waals surface area (Å²) in [5.74, 6) is -0.237. The molecule has 0 aliphatic carbocycles.